The summed E-state index contributed by atoms with van der Waals surface area (Å²) in [6.45, 7) is -4.09. The molecule has 1 aromatic heterocycles. The zero-order valence-electron chi connectivity index (χ0n) is 11.8. The molecule has 0 atom stereocenters. The Bertz CT molecular complexity index is 995. The fraction of sp³-hybridized carbons (Fsp3) is 0. The van der Waals surface area contributed by atoms with Gasteiger partial charge in [0.1, 0.15) is 5.82 Å². The van der Waals surface area contributed by atoms with E-state index in [0.717, 1.165) is 12.5 Å². The molecule has 122 valence electrons. The third-order valence-electron chi connectivity index (χ3n) is 4.07. The van der Waals surface area contributed by atoms with E-state index in [9.17, 15) is 4.39 Å². The van der Waals surface area contributed by atoms with Crippen LogP contribution in [0.5, 0.6) is 0 Å². The van der Waals surface area contributed by atoms with Crippen LogP contribution >= 0.6 is 54.5 Å². The molecule has 2 aliphatic rings. The molecule has 2 nitrogen and oxygen atoms in total. The van der Waals surface area contributed by atoms with Crippen LogP contribution in [0.4, 0.5) is 13.0 Å². The van der Waals surface area contributed by atoms with Crippen LogP contribution < -0.4 is 0 Å². The van der Waals surface area contributed by atoms with Crippen molar-refractivity contribution in [2.24, 2.45) is 0 Å². The highest BCUT2D eigenvalue weighted by molar-refractivity contribution is 14.1. The highest BCUT2D eigenvalue weighted by Crippen LogP contribution is 2.42. The molecule has 0 bridgehead atoms. The van der Waals surface area contributed by atoms with E-state index in [1.165, 1.54) is 6.07 Å². The Kier molecular flexibility index (Phi) is 3.89. The topological polar surface area (TPSA) is 7.94 Å². The number of hydrogen-bond donors (Lipinski definition) is 0. The highest BCUT2D eigenvalue weighted by Gasteiger charge is 2.54. The summed E-state index contributed by atoms with van der Waals surface area (Å²) >= 11 is 8.45. The molecular weight excluding hydrogens is 563 g/mol. The number of benzene rings is 1. The van der Waals surface area contributed by atoms with Gasteiger partial charge in [0, 0.05) is 42.9 Å². The summed E-state index contributed by atoms with van der Waals surface area (Å²) < 4.78 is 47.8. The third-order valence-corrected chi connectivity index (χ3v) is 6.03. The summed E-state index contributed by atoms with van der Waals surface area (Å²) in [6.07, 6.45) is 3.13. The van der Waals surface area contributed by atoms with E-state index in [1.54, 1.807) is 36.4 Å². The lowest BCUT2D eigenvalue weighted by Gasteiger charge is -2.32. The third kappa shape index (κ3) is 2.23. The first-order chi connectivity index (χ1) is 11.3. The van der Waals surface area contributed by atoms with Crippen LogP contribution in [0.25, 0.3) is 5.57 Å². The molecule has 0 saturated carbocycles. The largest absolute Gasteiger partial charge is 0.738 e. The normalized spacial score (nSPS) is 18.2. The molecule has 4 rings (SSSR count). The molecule has 0 radical (unpaired) electrons. The zero-order valence-corrected chi connectivity index (χ0v) is 17.1. The van der Waals surface area contributed by atoms with Crippen LogP contribution in [0.2, 0.25) is 0 Å². The number of fused-ring (bicyclic) bond motifs is 2. The maximum atomic E-state index is 15.1. The van der Waals surface area contributed by atoms with Gasteiger partial charge in [-0.2, -0.15) is 0 Å². The molecule has 24 heavy (non-hydrogen) atoms. The van der Waals surface area contributed by atoms with Crippen molar-refractivity contribution < 1.29 is 17.5 Å². The lowest BCUT2D eigenvalue weighted by atomic mass is 9.86. The maximum Gasteiger partial charge on any atom is 0.738 e. The lowest BCUT2D eigenvalue weighted by Crippen LogP contribution is -2.50. The lowest BCUT2D eigenvalue weighted by molar-refractivity contribution is -0.358. The average Bonchev–Trinajstić information content (AvgIpc) is 3.08. The molecule has 2 aliphatic heterocycles. The van der Waals surface area contributed by atoms with E-state index in [4.69, 9.17) is 0 Å². The molecule has 0 aliphatic carbocycles. The van der Waals surface area contributed by atoms with Crippen molar-refractivity contribution in [2.45, 2.75) is 0 Å². The van der Waals surface area contributed by atoms with Gasteiger partial charge >= 0.3 is 6.97 Å². The van der Waals surface area contributed by atoms with Gasteiger partial charge in [0.15, 0.2) is 5.70 Å². The Labute approximate surface area is 166 Å². The number of hydrogen-bond acceptors (Lipinski definition) is 0. The van der Waals surface area contributed by atoms with Crippen molar-refractivity contribution in [1.29, 1.82) is 0 Å². The smallest absolute Gasteiger partial charge is 0.389 e. The van der Waals surface area contributed by atoms with E-state index in [1.807, 2.05) is 0 Å². The van der Waals surface area contributed by atoms with Gasteiger partial charge < -0.3 is 17.6 Å². The predicted molar refractivity (Wildman–Crippen MR) is 104 cm³/mol. The van der Waals surface area contributed by atoms with Gasteiger partial charge in [-0.1, -0.05) is 0 Å². The quantitative estimate of drug-likeness (QED) is 0.323. The molecule has 0 fully saturated rings. The minimum Gasteiger partial charge on any atom is -0.389 e. The summed E-state index contributed by atoms with van der Waals surface area (Å²) in [4.78, 5) is 0. The number of aromatic nitrogens is 1. The van der Waals surface area contributed by atoms with Gasteiger partial charge in [0.05, 0.1) is 10.2 Å². The average molecular weight is 570 g/mol. The maximum absolute atomic E-state index is 15.1. The Hall–Kier alpha value is -0.805. The van der Waals surface area contributed by atoms with Crippen LogP contribution in [-0.4, -0.2) is 20.6 Å². The minimum absolute atomic E-state index is 0.247. The molecule has 1 aromatic carbocycles. The van der Waals surface area contributed by atoms with Gasteiger partial charge in [-0.15, -0.1) is 0 Å². The molecule has 3 heterocycles. The first-order valence-electron chi connectivity index (χ1n) is 6.91. The van der Waals surface area contributed by atoms with Crippen molar-refractivity contribution in [3.05, 3.63) is 73.4 Å². The van der Waals surface area contributed by atoms with Gasteiger partial charge in [-0.3, -0.25) is 0 Å². The Morgan fingerprint density at radius 3 is 2.58 bits per heavy atom. The fourth-order valence-electron chi connectivity index (χ4n) is 3.10. The van der Waals surface area contributed by atoms with Crippen LogP contribution in [0.3, 0.4) is 0 Å². The summed E-state index contributed by atoms with van der Waals surface area (Å²) in [5.74, 6) is -0.448. The second kappa shape index (κ2) is 5.60. The number of allylic oxidation sites excluding steroid dienone is 2. The Balaban J connectivity index is 2.14. The van der Waals surface area contributed by atoms with Crippen LogP contribution in [-0.2, 0) is 0 Å². The summed E-state index contributed by atoms with van der Waals surface area (Å²) in [5.41, 5.74) is 1.30. The first kappa shape index (κ1) is 16.7. The Morgan fingerprint density at radius 1 is 1.08 bits per heavy atom. The van der Waals surface area contributed by atoms with Crippen molar-refractivity contribution in [1.82, 2.24) is 4.48 Å². The van der Waals surface area contributed by atoms with E-state index in [0.29, 0.717) is 11.1 Å². The summed E-state index contributed by atoms with van der Waals surface area (Å²) in [7, 11) is 0. The van der Waals surface area contributed by atoms with Crippen molar-refractivity contribution >= 4 is 71.6 Å². The molecule has 0 spiro atoms. The van der Waals surface area contributed by atoms with Gasteiger partial charge in [0.25, 0.3) is 0 Å². The molecule has 0 saturated heterocycles. The molecule has 0 unspecified atom stereocenters. The first-order valence-corrected chi connectivity index (χ1v) is 9.58. The zero-order chi connectivity index (χ0) is 17.2. The summed E-state index contributed by atoms with van der Waals surface area (Å²) in [6, 6.07) is 7.80. The Morgan fingerprint density at radius 2 is 1.83 bits per heavy atom. The van der Waals surface area contributed by atoms with Crippen LogP contribution in [0.1, 0.15) is 11.3 Å². The van der Waals surface area contributed by atoms with E-state index in [-0.39, 0.29) is 20.6 Å². The fourth-order valence-corrected chi connectivity index (χ4v) is 4.73. The highest BCUT2D eigenvalue weighted by atomic mass is 127. The molecule has 9 heteroatoms. The second-order valence-electron chi connectivity index (χ2n) is 5.41. The number of halogens is 6. The van der Waals surface area contributed by atoms with Gasteiger partial charge in [0.2, 0.25) is 4.62 Å². The van der Waals surface area contributed by atoms with Gasteiger partial charge in [-0.05, 0) is 68.9 Å². The van der Waals surface area contributed by atoms with Crippen LogP contribution in [0, 0.1) is 9.39 Å². The van der Waals surface area contributed by atoms with Crippen molar-refractivity contribution in [2.75, 3.05) is 0 Å². The monoisotopic (exact) mass is 568 g/mol. The number of nitrogens with zero attached hydrogens (tertiary/aromatic N) is 2. The van der Waals surface area contributed by atoms with Gasteiger partial charge in [-0.25, -0.2) is 4.39 Å². The molecular formula is C15H7BBr2F3IN2. The van der Waals surface area contributed by atoms with E-state index < -0.39 is 12.8 Å². The second-order valence-corrected chi connectivity index (χ2v) is 8.28. The predicted octanol–water partition coefficient (Wildman–Crippen LogP) is 5.37. The van der Waals surface area contributed by atoms with Crippen molar-refractivity contribution in [3.8, 4) is 0 Å². The molecule has 2 aromatic rings. The summed E-state index contributed by atoms with van der Waals surface area (Å²) in [5, 5.41) is 0. The van der Waals surface area contributed by atoms with E-state index in [2.05, 4.69) is 54.5 Å². The van der Waals surface area contributed by atoms with Crippen LogP contribution in [0.15, 0.2) is 52.8 Å². The molecule has 0 amide bonds. The standard InChI is InChI=1S/C15H7BBr2F3IN2/c17-13-5-3-11-15(9-7-8(22)1-2-10(9)19)12-4-6-14(18)24(12)16(20,21)23(11)13/h1-7H. The van der Waals surface area contributed by atoms with Crippen molar-refractivity contribution in [3.63, 3.8) is 0 Å². The SMILES string of the molecule is Fc1ccc(I)cc1C1=C2C=CC(Br)=[N+]2[B-](F)(F)n2c(Br)ccc21. The van der Waals surface area contributed by atoms with E-state index >= 15 is 8.63 Å². The minimum atomic E-state index is -4.09. The number of rotatable bonds is 1. The molecule has 0 N–H and O–H groups in total.